The van der Waals surface area contributed by atoms with Gasteiger partial charge in [0.2, 0.25) is 0 Å². The van der Waals surface area contributed by atoms with Crippen LogP contribution in [0.2, 0.25) is 0 Å². The summed E-state index contributed by atoms with van der Waals surface area (Å²) in [6, 6.07) is 8.18. The molecule has 2 aromatic rings. The number of carbonyl (C=O) groups excluding carboxylic acids is 1. The van der Waals surface area contributed by atoms with Crippen LogP contribution in [-0.4, -0.2) is 24.6 Å². The zero-order chi connectivity index (χ0) is 17.0. The molecule has 122 valence electrons. The van der Waals surface area contributed by atoms with Gasteiger partial charge in [0.05, 0.1) is 18.6 Å². The molecule has 7 heteroatoms. The highest BCUT2D eigenvalue weighted by Crippen LogP contribution is 2.35. The van der Waals surface area contributed by atoms with Crippen LogP contribution < -0.4 is 4.74 Å². The molecule has 0 saturated heterocycles. The monoisotopic (exact) mass is 335 g/mol. The first-order chi connectivity index (χ1) is 10.9. The third-order valence-corrected chi connectivity index (χ3v) is 4.12. The lowest BCUT2D eigenvalue weighted by atomic mass is 10.1. The second-order valence-corrected chi connectivity index (χ2v) is 6.38. The topological polar surface area (TPSA) is 78.7 Å². The highest BCUT2D eigenvalue weighted by Gasteiger charge is 2.18. The van der Waals surface area contributed by atoms with E-state index in [1.54, 1.807) is 24.3 Å². The molecule has 0 aliphatic carbocycles. The lowest BCUT2D eigenvalue weighted by Gasteiger charge is -2.09. The van der Waals surface area contributed by atoms with Crippen molar-refractivity contribution in [3.8, 4) is 16.2 Å². The number of carbonyl (C=O) groups is 1. The minimum absolute atomic E-state index is 0.0869. The van der Waals surface area contributed by atoms with Gasteiger partial charge in [0.15, 0.2) is 5.75 Å². The van der Waals surface area contributed by atoms with Crippen molar-refractivity contribution in [3.63, 3.8) is 0 Å². The smallest absolute Gasteiger partial charge is 0.348 e. The lowest BCUT2D eigenvalue weighted by molar-refractivity contribution is -0.385. The van der Waals surface area contributed by atoms with E-state index in [-0.39, 0.29) is 17.4 Å². The quantitative estimate of drug-likeness (QED) is 0.450. The van der Waals surface area contributed by atoms with Gasteiger partial charge in [-0.25, -0.2) is 4.79 Å². The van der Waals surface area contributed by atoms with Crippen LogP contribution in [0.1, 0.15) is 23.5 Å². The van der Waals surface area contributed by atoms with Gasteiger partial charge < -0.3 is 9.47 Å². The Labute approximate surface area is 137 Å². The number of benzene rings is 1. The van der Waals surface area contributed by atoms with Crippen molar-refractivity contribution in [2.45, 2.75) is 13.8 Å². The second kappa shape index (κ2) is 7.23. The Bertz CT molecular complexity index is 723. The lowest BCUT2D eigenvalue weighted by Crippen LogP contribution is -2.06. The van der Waals surface area contributed by atoms with Crippen LogP contribution >= 0.6 is 11.3 Å². The molecular formula is C16H17NO5S. The maximum Gasteiger partial charge on any atom is 0.348 e. The number of esters is 1. The van der Waals surface area contributed by atoms with Crippen molar-refractivity contribution in [1.82, 2.24) is 0 Å². The molecule has 0 fully saturated rings. The maximum absolute atomic E-state index is 11.5. The van der Waals surface area contributed by atoms with E-state index in [1.165, 1.54) is 24.5 Å². The molecule has 1 heterocycles. The summed E-state index contributed by atoms with van der Waals surface area (Å²) < 4.78 is 10.2. The van der Waals surface area contributed by atoms with Crippen LogP contribution in [0.25, 0.3) is 10.4 Å². The molecule has 0 radical (unpaired) electrons. The summed E-state index contributed by atoms with van der Waals surface area (Å²) in [7, 11) is 1.31. The normalized spacial score (nSPS) is 10.6. The van der Waals surface area contributed by atoms with E-state index >= 15 is 0 Å². The molecule has 1 aromatic heterocycles. The Morgan fingerprint density at radius 3 is 2.65 bits per heavy atom. The van der Waals surface area contributed by atoms with E-state index in [4.69, 9.17) is 4.74 Å². The molecule has 0 unspecified atom stereocenters. The number of nitro groups is 1. The second-order valence-electron chi connectivity index (χ2n) is 5.30. The third-order valence-electron chi connectivity index (χ3n) is 3.00. The van der Waals surface area contributed by atoms with Gasteiger partial charge in [0, 0.05) is 10.9 Å². The van der Waals surface area contributed by atoms with Crippen molar-refractivity contribution in [1.29, 1.82) is 0 Å². The molecule has 6 nitrogen and oxygen atoms in total. The van der Waals surface area contributed by atoms with Gasteiger partial charge in [0.1, 0.15) is 4.88 Å². The Balaban J connectivity index is 2.33. The van der Waals surface area contributed by atoms with Crippen LogP contribution in [0.4, 0.5) is 5.69 Å². The van der Waals surface area contributed by atoms with E-state index in [0.717, 1.165) is 4.88 Å². The van der Waals surface area contributed by atoms with E-state index in [9.17, 15) is 14.9 Å². The zero-order valence-electron chi connectivity index (χ0n) is 13.1. The van der Waals surface area contributed by atoms with Crippen LogP contribution in [0.15, 0.2) is 30.3 Å². The molecule has 0 amide bonds. The minimum atomic E-state index is -0.464. The predicted octanol–water partition coefficient (Wildman–Crippen LogP) is 4.14. The Morgan fingerprint density at radius 1 is 1.30 bits per heavy atom. The summed E-state index contributed by atoms with van der Waals surface area (Å²) in [5, 5.41) is 11.3. The largest absolute Gasteiger partial charge is 0.487 e. The summed E-state index contributed by atoms with van der Waals surface area (Å²) >= 11 is 1.23. The Kier molecular flexibility index (Phi) is 5.33. The molecular weight excluding hydrogens is 318 g/mol. The summed E-state index contributed by atoms with van der Waals surface area (Å²) in [4.78, 5) is 23.5. The SMILES string of the molecule is COC(=O)c1ccc(-c2ccc(OCC(C)C)c([N+](=O)[O-])c2)s1. The van der Waals surface area contributed by atoms with Crippen molar-refractivity contribution >= 4 is 23.0 Å². The fourth-order valence-electron chi connectivity index (χ4n) is 1.90. The van der Waals surface area contributed by atoms with E-state index in [0.29, 0.717) is 17.0 Å². The fraction of sp³-hybridized carbons (Fsp3) is 0.312. The van der Waals surface area contributed by atoms with E-state index < -0.39 is 10.9 Å². The first-order valence-corrected chi connectivity index (χ1v) is 7.83. The Morgan fingerprint density at radius 2 is 2.04 bits per heavy atom. The number of thiophene rings is 1. The first-order valence-electron chi connectivity index (χ1n) is 7.02. The number of nitrogens with zero attached hydrogens (tertiary/aromatic N) is 1. The summed E-state index contributed by atoms with van der Waals surface area (Å²) in [6.07, 6.45) is 0. The number of methoxy groups -OCH3 is 1. The molecule has 0 spiro atoms. The van der Waals surface area contributed by atoms with Gasteiger partial charge >= 0.3 is 11.7 Å². The van der Waals surface area contributed by atoms with Gasteiger partial charge in [-0.2, -0.15) is 0 Å². The van der Waals surface area contributed by atoms with Crippen LogP contribution in [0.3, 0.4) is 0 Å². The third kappa shape index (κ3) is 4.07. The Hall–Kier alpha value is -2.41. The number of ether oxygens (including phenoxy) is 2. The molecule has 23 heavy (non-hydrogen) atoms. The molecule has 0 atom stereocenters. The molecule has 0 N–H and O–H groups in total. The summed E-state index contributed by atoms with van der Waals surface area (Å²) in [5.74, 6) is 0.0963. The average molecular weight is 335 g/mol. The van der Waals surface area contributed by atoms with Crippen LogP contribution in [0, 0.1) is 16.0 Å². The van der Waals surface area contributed by atoms with E-state index in [2.05, 4.69) is 4.74 Å². The summed E-state index contributed by atoms with van der Waals surface area (Å²) in [6.45, 7) is 4.35. The van der Waals surface area contributed by atoms with Crippen LogP contribution in [-0.2, 0) is 4.74 Å². The minimum Gasteiger partial charge on any atom is -0.487 e. The van der Waals surface area contributed by atoms with Crippen molar-refractivity contribution in [2.24, 2.45) is 5.92 Å². The molecule has 0 aliphatic heterocycles. The number of hydrogen-bond acceptors (Lipinski definition) is 6. The molecule has 0 saturated carbocycles. The number of rotatable bonds is 6. The standard InChI is InChI=1S/C16H17NO5S/c1-10(2)9-22-13-5-4-11(8-12(13)17(19)20)14-6-7-15(23-14)16(18)21-3/h4-8,10H,9H2,1-3H3. The molecule has 0 bridgehead atoms. The zero-order valence-corrected chi connectivity index (χ0v) is 13.9. The molecule has 1 aromatic carbocycles. The first kappa shape index (κ1) is 17.0. The van der Waals surface area contributed by atoms with Gasteiger partial charge in [0.25, 0.3) is 0 Å². The highest BCUT2D eigenvalue weighted by molar-refractivity contribution is 7.17. The molecule has 0 aliphatic rings. The van der Waals surface area contributed by atoms with Crippen molar-refractivity contribution < 1.29 is 19.2 Å². The molecule has 2 rings (SSSR count). The maximum atomic E-state index is 11.5. The highest BCUT2D eigenvalue weighted by atomic mass is 32.1. The van der Waals surface area contributed by atoms with Crippen LogP contribution in [0.5, 0.6) is 5.75 Å². The van der Waals surface area contributed by atoms with Crippen molar-refractivity contribution in [3.05, 3.63) is 45.3 Å². The number of nitro benzene ring substituents is 1. The predicted molar refractivity (Wildman–Crippen MR) is 88.1 cm³/mol. The average Bonchev–Trinajstić information content (AvgIpc) is 3.01. The van der Waals surface area contributed by atoms with Gasteiger partial charge in [-0.1, -0.05) is 13.8 Å². The fourth-order valence-corrected chi connectivity index (χ4v) is 2.82. The van der Waals surface area contributed by atoms with Gasteiger partial charge in [-0.05, 0) is 35.7 Å². The van der Waals surface area contributed by atoms with Gasteiger partial charge in [-0.3, -0.25) is 10.1 Å². The summed E-state index contributed by atoms with van der Waals surface area (Å²) in [5.41, 5.74) is 0.574. The van der Waals surface area contributed by atoms with Gasteiger partial charge in [-0.15, -0.1) is 11.3 Å². The van der Waals surface area contributed by atoms with Crippen molar-refractivity contribution in [2.75, 3.05) is 13.7 Å². The number of hydrogen-bond donors (Lipinski definition) is 0. The van der Waals surface area contributed by atoms with E-state index in [1.807, 2.05) is 13.8 Å².